The largest absolute Gasteiger partial charge is 0.399 e. The maximum atomic E-state index is 12.7. The zero-order valence-corrected chi connectivity index (χ0v) is 18.3. The Labute approximate surface area is 192 Å². The van der Waals surface area contributed by atoms with Gasteiger partial charge in [0.1, 0.15) is 0 Å². The van der Waals surface area contributed by atoms with E-state index in [-0.39, 0.29) is 24.7 Å². The van der Waals surface area contributed by atoms with Gasteiger partial charge in [-0.05, 0) is 42.5 Å². The lowest BCUT2D eigenvalue weighted by Crippen LogP contribution is -2.18. The normalized spacial score (nSPS) is 10.3. The monoisotopic (exact) mass is 449 g/mol. The Bertz CT molecular complexity index is 1210. The molecule has 0 aliphatic carbocycles. The van der Waals surface area contributed by atoms with Crippen molar-refractivity contribution in [3.8, 4) is 17.1 Å². The van der Waals surface area contributed by atoms with Crippen LogP contribution in [-0.4, -0.2) is 34.1 Å². The number of nitrogen functional groups attached to an aromatic ring is 2. The van der Waals surface area contributed by atoms with E-state index in [4.69, 9.17) is 11.5 Å². The van der Waals surface area contributed by atoms with Crippen molar-refractivity contribution in [3.63, 3.8) is 0 Å². The Morgan fingerprint density at radius 3 is 2.34 bits per heavy atom. The molecule has 1 aromatic heterocycles. The number of nitrogens with one attached hydrogen (secondary N) is 2. The molecule has 0 fully saturated rings. The van der Waals surface area contributed by atoms with Gasteiger partial charge in [0.15, 0.2) is 11.6 Å². The van der Waals surface area contributed by atoms with E-state index in [0.29, 0.717) is 28.7 Å². The molecule has 0 unspecified atom stereocenters. The van der Waals surface area contributed by atoms with Crippen LogP contribution in [0.3, 0.4) is 0 Å². The highest BCUT2D eigenvalue weighted by Crippen LogP contribution is 2.26. The Kier molecular flexibility index (Phi) is 6.97. The lowest BCUT2D eigenvalue weighted by atomic mass is 10.1. The first-order valence-corrected chi connectivity index (χ1v) is 9.78. The molecule has 0 radical (unpaired) electrons. The minimum atomic E-state index is -0.168. The lowest BCUT2D eigenvalue weighted by Gasteiger charge is -2.13. The molecule has 1 heterocycles. The van der Waals surface area contributed by atoms with Crippen LogP contribution in [0.5, 0.6) is 0 Å². The number of carbonyl (C=O) groups is 1. The third-order valence-corrected chi connectivity index (χ3v) is 4.89. The maximum Gasteiger partial charge on any atom is 0.229 e. The summed E-state index contributed by atoms with van der Waals surface area (Å²) in [6, 6.07) is 22.5. The molecule has 0 aliphatic heterocycles. The molecular formula is C23H24ClN7O. The number of hydrogen-bond donors (Lipinski definition) is 4. The maximum absolute atomic E-state index is 12.7. The quantitative estimate of drug-likeness (QED) is 0.249. The van der Waals surface area contributed by atoms with E-state index in [1.807, 2.05) is 66.2 Å². The number of carbonyl (C=O) groups excluding carboxylic acids is 1. The third kappa shape index (κ3) is 4.65. The van der Waals surface area contributed by atoms with E-state index in [9.17, 15) is 4.79 Å². The van der Waals surface area contributed by atoms with Gasteiger partial charge in [0.2, 0.25) is 5.95 Å². The van der Waals surface area contributed by atoms with Crippen LogP contribution in [0.25, 0.3) is 17.1 Å². The second kappa shape index (κ2) is 9.84. The van der Waals surface area contributed by atoms with Gasteiger partial charge in [-0.25, -0.2) is 0 Å². The van der Waals surface area contributed by atoms with Crippen LogP contribution in [0.1, 0.15) is 10.4 Å². The summed E-state index contributed by atoms with van der Waals surface area (Å²) >= 11 is 0. The zero-order chi connectivity index (χ0) is 21.8. The Morgan fingerprint density at radius 2 is 1.69 bits per heavy atom. The smallest absolute Gasteiger partial charge is 0.229 e. The molecule has 0 aliphatic rings. The van der Waals surface area contributed by atoms with Crippen molar-refractivity contribution in [2.45, 2.75) is 0 Å². The Balaban J connectivity index is 0.00000289. The third-order valence-electron chi connectivity index (χ3n) is 4.89. The van der Waals surface area contributed by atoms with Gasteiger partial charge in [-0.1, -0.05) is 30.3 Å². The molecule has 0 saturated heterocycles. The first-order valence-electron chi connectivity index (χ1n) is 9.78. The van der Waals surface area contributed by atoms with Crippen LogP contribution >= 0.6 is 12.4 Å². The zero-order valence-electron chi connectivity index (χ0n) is 17.4. The van der Waals surface area contributed by atoms with Crippen LogP contribution in [0.4, 0.5) is 23.0 Å². The summed E-state index contributed by atoms with van der Waals surface area (Å²) in [4.78, 5) is 12.7. The first-order chi connectivity index (χ1) is 15.1. The first kappa shape index (κ1) is 22.6. The molecule has 9 heteroatoms. The highest BCUT2D eigenvalue weighted by Gasteiger charge is 2.17. The SMILES string of the molecule is CNc1ccc(-n2c(NCC(=O)c3ccc(N)cc3N)nnc2-c2ccccc2)cc1.Cl. The van der Waals surface area contributed by atoms with Crippen molar-refractivity contribution in [1.82, 2.24) is 14.8 Å². The summed E-state index contributed by atoms with van der Waals surface area (Å²) in [6.45, 7) is 0.00956. The van der Waals surface area contributed by atoms with Gasteiger partial charge in [0.25, 0.3) is 0 Å². The van der Waals surface area contributed by atoms with E-state index >= 15 is 0 Å². The summed E-state index contributed by atoms with van der Waals surface area (Å²) in [5.74, 6) is 0.956. The van der Waals surface area contributed by atoms with Crippen molar-refractivity contribution in [2.75, 3.05) is 35.7 Å². The minimum Gasteiger partial charge on any atom is -0.399 e. The van der Waals surface area contributed by atoms with Crippen LogP contribution < -0.4 is 22.1 Å². The van der Waals surface area contributed by atoms with Crippen LogP contribution in [-0.2, 0) is 0 Å². The number of nitrogens with two attached hydrogens (primary N) is 2. The standard InChI is InChI=1S/C23H23N7O.ClH/c1-26-17-8-10-18(11-9-17)30-22(15-5-3-2-4-6-15)28-29-23(30)27-14-21(31)19-12-7-16(24)13-20(19)25;/h2-13,26H,14,24-25H2,1H3,(H,27,29);1H. The highest BCUT2D eigenvalue weighted by molar-refractivity contribution is 6.03. The van der Waals surface area contributed by atoms with Gasteiger partial charge >= 0.3 is 0 Å². The van der Waals surface area contributed by atoms with Crippen molar-refractivity contribution < 1.29 is 4.79 Å². The number of hydrogen-bond acceptors (Lipinski definition) is 7. The van der Waals surface area contributed by atoms with Gasteiger partial charge in [-0.15, -0.1) is 22.6 Å². The number of nitrogens with zero attached hydrogens (tertiary/aromatic N) is 3. The number of ketones is 1. The minimum absolute atomic E-state index is 0. The van der Waals surface area contributed by atoms with Crippen LogP contribution in [0.15, 0.2) is 72.8 Å². The fourth-order valence-corrected chi connectivity index (χ4v) is 3.28. The molecule has 0 spiro atoms. The molecule has 0 amide bonds. The molecule has 0 atom stereocenters. The molecule has 164 valence electrons. The fraction of sp³-hybridized carbons (Fsp3) is 0.0870. The van der Waals surface area contributed by atoms with Gasteiger partial charge in [-0.2, -0.15) is 0 Å². The van der Waals surface area contributed by atoms with Crippen molar-refractivity contribution in [1.29, 1.82) is 0 Å². The topological polar surface area (TPSA) is 124 Å². The second-order valence-corrected chi connectivity index (χ2v) is 6.97. The molecule has 8 nitrogen and oxygen atoms in total. The van der Waals surface area contributed by atoms with Crippen molar-refractivity contribution in [2.24, 2.45) is 0 Å². The lowest BCUT2D eigenvalue weighted by molar-refractivity contribution is 0.101. The van der Waals surface area contributed by atoms with E-state index in [2.05, 4.69) is 20.8 Å². The summed E-state index contributed by atoms with van der Waals surface area (Å²) < 4.78 is 1.88. The molecule has 32 heavy (non-hydrogen) atoms. The number of benzene rings is 3. The van der Waals surface area contributed by atoms with E-state index in [1.165, 1.54) is 0 Å². The molecule has 4 aromatic rings. The summed E-state index contributed by atoms with van der Waals surface area (Å²) in [7, 11) is 1.87. The predicted molar refractivity (Wildman–Crippen MR) is 132 cm³/mol. The molecule has 0 saturated carbocycles. The van der Waals surface area contributed by atoms with Gasteiger partial charge in [-0.3, -0.25) is 9.36 Å². The number of rotatable bonds is 7. The second-order valence-electron chi connectivity index (χ2n) is 6.97. The van der Waals surface area contributed by atoms with E-state index in [0.717, 1.165) is 16.9 Å². The molecule has 6 N–H and O–H groups in total. The molecule has 0 bridgehead atoms. The van der Waals surface area contributed by atoms with Crippen LogP contribution in [0.2, 0.25) is 0 Å². The molecular weight excluding hydrogens is 426 g/mol. The summed E-state index contributed by atoms with van der Waals surface area (Å²) in [6.07, 6.45) is 0. The predicted octanol–water partition coefficient (Wildman–Crippen LogP) is 3.86. The van der Waals surface area contributed by atoms with E-state index in [1.54, 1.807) is 18.2 Å². The molecule has 4 rings (SSSR count). The fourth-order valence-electron chi connectivity index (χ4n) is 3.28. The Hall–Kier alpha value is -4.04. The van der Waals surface area contributed by atoms with Gasteiger partial charge < -0.3 is 22.1 Å². The van der Waals surface area contributed by atoms with E-state index < -0.39 is 0 Å². The van der Waals surface area contributed by atoms with Gasteiger partial charge in [0, 0.05) is 35.2 Å². The van der Waals surface area contributed by atoms with Crippen molar-refractivity contribution in [3.05, 3.63) is 78.4 Å². The molecule has 3 aromatic carbocycles. The van der Waals surface area contributed by atoms with Crippen molar-refractivity contribution >= 4 is 41.2 Å². The number of halogens is 1. The van der Waals surface area contributed by atoms with Crippen LogP contribution in [0, 0.1) is 0 Å². The summed E-state index contributed by atoms with van der Waals surface area (Å²) in [5.41, 5.74) is 15.7. The number of aromatic nitrogens is 3. The average Bonchev–Trinajstić information content (AvgIpc) is 3.22. The number of anilines is 4. The average molecular weight is 450 g/mol. The highest BCUT2D eigenvalue weighted by atomic mass is 35.5. The Morgan fingerprint density at radius 1 is 0.969 bits per heavy atom. The number of Topliss-reactive ketones (excluding diaryl/α,β-unsaturated/α-hetero) is 1. The van der Waals surface area contributed by atoms with Gasteiger partial charge in [0.05, 0.1) is 12.2 Å². The summed E-state index contributed by atoms with van der Waals surface area (Å²) in [5, 5.41) is 14.9.